The van der Waals surface area contributed by atoms with Gasteiger partial charge < -0.3 is 5.11 Å². The van der Waals surface area contributed by atoms with Gasteiger partial charge in [0.2, 0.25) is 0 Å². The molecule has 0 aromatic heterocycles. The smallest absolute Gasteiger partial charge is 0.328 e. The van der Waals surface area contributed by atoms with Crippen LogP contribution in [0.1, 0.15) is 11.1 Å². The lowest BCUT2D eigenvalue weighted by atomic mass is 10.1. The number of carbonyl (C=O) groups is 1. The molecule has 0 radical (unpaired) electrons. The summed E-state index contributed by atoms with van der Waals surface area (Å²) in [4.78, 5) is 11.4. The normalized spacial score (nSPS) is 10.8. The van der Waals surface area contributed by atoms with Gasteiger partial charge in [0.1, 0.15) is 5.82 Å². The summed E-state index contributed by atoms with van der Waals surface area (Å²) in [5.74, 6) is -0.574. The van der Waals surface area contributed by atoms with Crippen molar-refractivity contribution in [3.8, 4) is 0 Å². The number of rotatable bonds is 5. The Hall–Kier alpha value is -2.07. The van der Waals surface area contributed by atoms with Crippen molar-refractivity contribution in [2.24, 2.45) is 0 Å². The van der Waals surface area contributed by atoms with Crippen LogP contribution < -0.4 is 0 Å². The molecule has 0 atom stereocenters. The van der Waals surface area contributed by atoms with Crippen LogP contribution in [0.4, 0.5) is 4.39 Å². The van der Waals surface area contributed by atoms with Gasteiger partial charge in [0.05, 0.1) is 0 Å². The Labute approximate surface area is 121 Å². The summed E-state index contributed by atoms with van der Waals surface area (Å²) in [7, 11) is 0. The minimum atomic E-state index is -0.974. The predicted molar refractivity (Wildman–Crippen MR) is 79.1 cm³/mol. The van der Waals surface area contributed by atoms with Crippen LogP contribution in [0.2, 0.25) is 0 Å². The van der Waals surface area contributed by atoms with Gasteiger partial charge in [-0.25, -0.2) is 9.18 Å². The topological polar surface area (TPSA) is 37.3 Å². The third-order valence-electron chi connectivity index (χ3n) is 2.65. The zero-order valence-corrected chi connectivity index (χ0v) is 11.4. The molecule has 0 unspecified atom stereocenters. The first-order valence-electron chi connectivity index (χ1n) is 6.02. The molecule has 0 bridgehead atoms. The third kappa shape index (κ3) is 4.24. The van der Waals surface area contributed by atoms with Gasteiger partial charge in [-0.3, -0.25) is 0 Å². The van der Waals surface area contributed by atoms with Crippen LogP contribution in [0.5, 0.6) is 0 Å². The van der Waals surface area contributed by atoms with Gasteiger partial charge in [0.25, 0.3) is 0 Å². The van der Waals surface area contributed by atoms with E-state index in [0.29, 0.717) is 5.75 Å². The zero-order valence-electron chi connectivity index (χ0n) is 10.6. The summed E-state index contributed by atoms with van der Waals surface area (Å²) in [6.07, 6.45) is 2.69. The molecular formula is C16H13FO2S. The van der Waals surface area contributed by atoms with Crippen LogP contribution in [-0.2, 0) is 10.5 Å². The minimum absolute atomic E-state index is 0.256. The molecule has 102 valence electrons. The fourth-order valence-corrected chi connectivity index (χ4v) is 2.66. The van der Waals surface area contributed by atoms with Crippen molar-refractivity contribution in [2.75, 3.05) is 0 Å². The Bertz CT molecular complexity index is 638. The largest absolute Gasteiger partial charge is 0.478 e. The quantitative estimate of drug-likeness (QED) is 0.661. The number of carboxylic acid groups (broad SMARTS) is 1. The highest BCUT2D eigenvalue weighted by Crippen LogP contribution is 2.25. The van der Waals surface area contributed by atoms with E-state index in [0.717, 1.165) is 22.1 Å². The summed E-state index contributed by atoms with van der Waals surface area (Å²) in [5, 5.41) is 8.67. The first-order chi connectivity index (χ1) is 9.65. The van der Waals surface area contributed by atoms with E-state index in [1.54, 1.807) is 12.1 Å². The molecule has 0 fully saturated rings. The number of hydrogen-bond acceptors (Lipinski definition) is 2. The van der Waals surface area contributed by atoms with Crippen LogP contribution >= 0.6 is 11.8 Å². The Morgan fingerprint density at radius 3 is 2.75 bits per heavy atom. The van der Waals surface area contributed by atoms with Gasteiger partial charge >= 0.3 is 5.97 Å². The van der Waals surface area contributed by atoms with E-state index in [-0.39, 0.29) is 5.82 Å². The van der Waals surface area contributed by atoms with E-state index in [4.69, 9.17) is 5.11 Å². The van der Waals surface area contributed by atoms with Gasteiger partial charge in [-0.2, -0.15) is 0 Å². The summed E-state index contributed by atoms with van der Waals surface area (Å²) in [6.45, 7) is 0. The predicted octanol–water partition coefficient (Wildman–Crippen LogP) is 4.22. The molecule has 1 N–H and O–H groups in total. The highest BCUT2D eigenvalue weighted by molar-refractivity contribution is 7.98. The second-order valence-corrected chi connectivity index (χ2v) is 5.17. The lowest BCUT2D eigenvalue weighted by Crippen LogP contribution is -1.89. The zero-order chi connectivity index (χ0) is 14.4. The highest BCUT2D eigenvalue weighted by Gasteiger charge is 2.02. The van der Waals surface area contributed by atoms with E-state index in [1.165, 1.54) is 23.9 Å². The van der Waals surface area contributed by atoms with Gasteiger partial charge in [-0.05, 0) is 35.4 Å². The molecule has 0 aliphatic heterocycles. The molecule has 0 spiro atoms. The van der Waals surface area contributed by atoms with Crippen molar-refractivity contribution >= 4 is 23.8 Å². The van der Waals surface area contributed by atoms with E-state index >= 15 is 0 Å². The number of hydrogen-bond donors (Lipinski definition) is 1. The lowest BCUT2D eigenvalue weighted by molar-refractivity contribution is -0.131. The molecule has 0 saturated heterocycles. The maximum absolute atomic E-state index is 13.1. The average molecular weight is 288 g/mol. The molecule has 4 heteroatoms. The third-order valence-corrected chi connectivity index (χ3v) is 3.69. The van der Waals surface area contributed by atoms with Gasteiger partial charge in [0.15, 0.2) is 0 Å². The molecule has 0 amide bonds. The van der Waals surface area contributed by atoms with Crippen LogP contribution in [0.15, 0.2) is 59.5 Å². The Morgan fingerprint density at radius 1 is 1.20 bits per heavy atom. The number of carboxylic acids is 1. The number of thioether (sulfide) groups is 1. The van der Waals surface area contributed by atoms with Gasteiger partial charge in [-0.1, -0.05) is 30.3 Å². The molecular weight excluding hydrogens is 275 g/mol. The Morgan fingerprint density at radius 2 is 2.00 bits per heavy atom. The maximum atomic E-state index is 13.1. The molecule has 0 aliphatic rings. The molecule has 20 heavy (non-hydrogen) atoms. The Balaban J connectivity index is 2.11. The maximum Gasteiger partial charge on any atom is 0.328 e. The van der Waals surface area contributed by atoms with Crippen molar-refractivity contribution in [1.29, 1.82) is 0 Å². The van der Waals surface area contributed by atoms with E-state index in [1.807, 2.05) is 30.3 Å². The monoisotopic (exact) mass is 288 g/mol. The molecule has 2 aromatic rings. The lowest BCUT2D eigenvalue weighted by Gasteiger charge is -2.06. The fourth-order valence-electron chi connectivity index (χ4n) is 1.71. The second-order valence-electron chi connectivity index (χ2n) is 4.12. The summed E-state index contributed by atoms with van der Waals surface area (Å²) < 4.78 is 13.1. The molecule has 2 rings (SSSR count). The number of benzene rings is 2. The standard InChI is InChI=1S/C16H13FO2S/c17-14-6-3-7-15(10-14)20-11-13-5-2-1-4-12(13)8-9-16(18)19/h1-10H,11H2,(H,18,19)/b9-8+. The second kappa shape index (κ2) is 6.91. The molecule has 0 heterocycles. The first kappa shape index (κ1) is 14.3. The molecule has 2 aromatic carbocycles. The van der Waals surface area contributed by atoms with Crippen molar-refractivity contribution < 1.29 is 14.3 Å². The minimum Gasteiger partial charge on any atom is -0.478 e. The van der Waals surface area contributed by atoms with E-state index < -0.39 is 5.97 Å². The first-order valence-corrected chi connectivity index (χ1v) is 7.01. The van der Waals surface area contributed by atoms with Crippen molar-refractivity contribution in [3.05, 3.63) is 71.6 Å². The van der Waals surface area contributed by atoms with Crippen LogP contribution in [0.3, 0.4) is 0 Å². The van der Waals surface area contributed by atoms with Crippen molar-refractivity contribution in [1.82, 2.24) is 0 Å². The summed E-state index contributed by atoms with van der Waals surface area (Å²) in [5.41, 5.74) is 1.87. The van der Waals surface area contributed by atoms with Crippen LogP contribution in [0.25, 0.3) is 6.08 Å². The molecule has 0 aliphatic carbocycles. The van der Waals surface area contributed by atoms with E-state index in [2.05, 4.69) is 0 Å². The summed E-state index contributed by atoms with van der Waals surface area (Å²) >= 11 is 1.51. The molecule has 2 nitrogen and oxygen atoms in total. The molecule has 0 saturated carbocycles. The van der Waals surface area contributed by atoms with Crippen molar-refractivity contribution in [2.45, 2.75) is 10.6 Å². The van der Waals surface area contributed by atoms with Crippen LogP contribution in [0, 0.1) is 5.82 Å². The highest BCUT2D eigenvalue weighted by atomic mass is 32.2. The summed E-state index contributed by atoms with van der Waals surface area (Å²) in [6, 6.07) is 14.0. The SMILES string of the molecule is O=C(O)/C=C/c1ccccc1CSc1cccc(F)c1. The Kier molecular flexibility index (Phi) is 4.96. The van der Waals surface area contributed by atoms with Gasteiger partial charge in [-0.15, -0.1) is 11.8 Å². The number of aliphatic carboxylic acids is 1. The van der Waals surface area contributed by atoms with Crippen LogP contribution in [-0.4, -0.2) is 11.1 Å². The van der Waals surface area contributed by atoms with Crippen molar-refractivity contribution in [3.63, 3.8) is 0 Å². The van der Waals surface area contributed by atoms with E-state index in [9.17, 15) is 9.18 Å². The van der Waals surface area contributed by atoms with Gasteiger partial charge in [0, 0.05) is 16.7 Å². The fraction of sp³-hybridized carbons (Fsp3) is 0.0625. The average Bonchev–Trinajstić information content (AvgIpc) is 2.44. The number of halogens is 1.